The molecule has 0 spiro atoms. The number of nitriles is 1. The number of nitrogens with zero attached hydrogens (tertiary/aromatic N) is 4. The predicted octanol–water partition coefficient (Wildman–Crippen LogP) is 3.20. The topological polar surface area (TPSA) is 52.8 Å². The van der Waals surface area contributed by atoms with E-state index in [9.17, 15) is 0 Å². The first-order valence-corrected chi connectivity index (χ1v) is 6.21. The third-order valence-electron chi connectivity index (χ3n) is 3.01. The fourth-order valence-corrected chi connectivity index (χ4v) is 2.07. The summed E-state index contributed by atoms with van der Waals surface area (Å²) in [5, 5.41) is 9.57. The van der Waals surface area contributed by atoms with E-state index in [1.165, 1.54) is 0 Å². The van der Waals surface area contributed by atoms with E-state index in [1.807, 2.05) is 49.2 Å². The van der Waals surface area contributed by atoms with E-state index in [2.05, 4.69) is 9.97 Å². The minimum absolute atomic E-state index is 0.0163. The molecule has 1 unspecified atom stereocenters. The standard InChI is InChI=1S/C14H13ClN4/c1-10(12-5-3-4-6-13(12)15)19(2)14-17-8-7-11(9-16)18-14/h3-8,10H,1-2H3. The molecule has 0 radical (unpaired) electrons. The highest BCUT2D eigenvalue weighted by Gasteiger charge is 2.17. The van der Waals surface area contributed by atoms with Gasteiger partial charge in [-0.2, -0.15) is 5.26 Å². The van der Waals surface area contributed by atoms with Crippen molar-refractivity contribution >= 4 is 17.5 Å². The molecule has 0 saturated carbocycles. The van der Waals surface area contributed by atoms with Gasteiger partial charge in [-0.15, -0.1) is 0 Å². The van der Waals surface area contributed by atoms with Crippen LogP contribution in [0.25, 0.3) is 0 Å². The highest BCUT2D eigenvalue weighted by atomic mass is 35.5. The number of benzene rings is 1. The van der Waals surface area contributed by atoms with Crippen molar-refractivity contribution in [3.63, 3.8) is 0 Å². The lowest BCUT2D eigenvalue weighted by Crippen LogP contribution is -2.24. The lowest BCUT2D eigenvalue weighted by Gasteiger charge is -2.25. The van der Waals surface area contributed by atoms with Crippen molar-refractivity contribution in [3.05, 3.63) is 52.8 Å². The summed E-state index contributed by atoms with van der Waals surface area (Å²) in [5.74, 6) is 0.506. The first kappa shape index (κ1) is 13.3. The van der Waals surface area contributed by atoms with E-state index in [1.54, 1.807) is 12.3 Å². The van der Waals surface area contributed by atoms with Crippen LogP contribution in [0.5, 0.6) is 0 Å². The Labute approximate surface area is 117 Å². The van der Waals surface area contributed by atoms with E-state index in [-0.39, 0.29) is 6.04 Å². The van der Waals surface area contributed by atoms with E-state index in [0.717, 1.165) is 5.56 Å². The van der Waals surface area contributed by atoms with E-state index in [4.69, 9.17) is 16.9 Å². The number of hydrogen-bond donors (Lipinski definition) is 0. The summed E-state index contributed by atoms with van der Waals surface area (Å²) in [7, 11) is 1.88. The highest BCUT2D eigenvalue weighted by molar-refractivity contribution is 6.31. The lowest BCUT2D eigenvalue weighted by molar-refractivity contribution is 0.714. The van der Waals surface area contributed by atoms with Crippen LogP contribution in [0.2, 0.25) is 5.02 Å². The predicted molar refractivity (Wildman–Crippen MR) is 75.0 cm³/mol. The van der Waals surface area contributed by atoms with Gasteiger partial charge < -0.3 is 4.90 Å². The van der Waals surface area contributed by atoms with Gasteiger partial charge in [-0.05, 0) is 24.6 Å². The molecule has 0 aliphatic rings. The van der Waals surface area contributed by atoms with Crippen LogP contribution in [0.4, 0.5) is 5.95 Å². The molecule has 1 atom stereocenters. The average Bonchev–Trinajstić information content (AvgIpc) is 2.46. The smallest absolute Gasteiger partial charge is 0.226 e. The van der Waals surface area contributed by atoms with Gasteiger partial charge in [0.05, 0.1) is 6.04 Å². The quantitative estimate of drug-likeness (QED) is 0.861. The molecule has 5 heteroatoms. The molecule has 2 rings (SSSR count). The summed E-state index contributed by atoms with van der Waals surface area (Å²) >= 11 is 6.19. The van der Waals surface area contributed by atoms with Gasteiger partial charge in [-0.3, -0.25) is 0 Å². The molecule has 4 nitrogen and oxygen atoms in total. The summed E-state index contributed by atoms with van der Waals surface area (Å²) < 4.78 is 0. The third-order valence-corrected chi connectivity index (χ3v) is 3.35. The van der Waals surface area contributed by atoms with Crippen molar-refractivity contribution in [2.24, 2.45) is 0 Å². The zero-order chi connectivity index (χ0) is 13.8. The van der Waals surface area contributed by atoms with Gasteiger partial charge in [0.2, 0.25) is 5.95 Å². The van der Waals surface area contributed by atoms with Gasteiger partial charge in [-0.1, -0.05) is 29.8 Å². The minimum atomic E-state index is 0.0163. The van der Waals surface area contributed by atoms with E-state index >= 15 is 0 Å². The van der Waals surface area contributed by atoms with Crippen LogP contribution in [0.15, 0.2) is 36.5 Å². The van der Waals surface area contributed by atoms with Crippen LogP contribution >= 0.6 is 11.6 Å². The molecular weight excluding hydrogens is 260 g/mol. The first-order chi connectivity index (χ1) is 9.13. The first-order valence-electron chi connectivity index (χ1n) is 5.84. The van der Waals surface area contributed by atoms with E-state index < -0.39 is 0 Å². The highest BCUT2D eigenvalue weighted by Crippen LogP contribution is 2.28. The second-order valence-corrected chi connectivity index (χ2v) is 4.57. The monoisotopic (exact) mass is 272 g/mol. The van der Waals surface area contributed by atoms with Crippen molar-refractivity contribution in [2.75, 3.05) is 11.9 Å². The molecule has 0 N–H and O–H groups in total. The van der Waals surface area contributed by atoms with Gasteiger partial charge in [0.15, 0.2) is 0 Å². The number of rotatable bonds is 3. The van der Waals surface area contributed by atoms with Crippen LogP contribution in [0.3, 0.4) is 0 Å². The minimum Gasteiger partial charge on any atom is -0.337 e. The van der Waals surface area contributed by atoms with E-state index in [0.29, 0.717) is 16.7 Å². The Morgan fingerprint density at radius 2 is 2.05 bits per heavy atom. The molecule has 0 saturated heterocycles. The summed E-state index contributed by atoms with van der Waals surface area (Å²) in [4.78, 5) is 10.3. The molecule has 1 heterocycles. The van der Waals surface area contributed by atoms with Gasteiger partial charge in [-0.25, -0.2) is 9.97 Å². The number of hydrogen-bond acceptors (Lipinski definition) is 4. The third kappa shape index (κ3) is 2.83. The maximum absolute atomic E-state index is 8.86. The van der Waals surface area contributed by atoms with Crippen LogP contribution in [0, 0.1) is 11.3 Å². The number of halogens is 1. The Bertz CT molecular complexity index is 621. The second-order valence-electron chi connectivity index (χ2n) is 4.16. The Morgan fingerprint density at radius 1 is 1.32 bits per heavy atom. The second kappa shape index (κ2) is 5.68. The van der Waals surface area contributed by atoms with Gasteiger partial charge >= 0.3 is 0 Å². The maximum Gasteiger partial charge on any atom is 0.226 e. The van der Waals surface area contributed by atoms with Crippen molar-refractivity contribution in [1.82, 2.24) is 9.97 Å². The number of aromatic nitrogens is 2. The van der Waals surface area contributed by atoms with Gasteiger partial charge in [0, 0.05) is 18.3 Å². The summed E-state index contributed by atoms with van der Waals surface area (Å²) in [6, 6.07) is 11.3. The van der Waals surface area contributed by atoms with Crippen LogP contribution in [0.1, 0.15) is 24.2 Å². The molecule has 96 valence electrons. The van der Waals surface area contributed by atoms with Crippen molar-refractivity contribution in [2.45, 2.75) is 13.0 Å². The summed E-state index contributed by atoms with van der Waals surface area (Å²) in [6.07, 6.45) is 1.58. The molecule has 0 amide bonds. The maximum atomic E-state index is 8.86. The Hall–Kier alpha value is -2.12. The summed E-state index contributed by atoms with van der Waals surface area (Å²) in [5.41, 5.74) is 1.35. The largest absolute Gasteiger partial charge is 0.337 e. The Morgan fingerprint density at radius 3 is 2.74 bits per heavy atom. The molecular formula is C14H13ClN4. The molecule has 0 bridgehead atoms. The van der Waals surface area contributed by atoms with Crippen molar-refractivity contribution < 1.29 is 0 Å². The van der Waals surface area contributed by atoms with Gasteiger partial charge in [0.1, 0.15) is 11.8 Å². The molecule has 0 aliphatic heterocycles. The van der Waals surface area contributed by atoms with Crippen LogP contribution in [-0.2, 0) is 0 Å². The Kier molecular flexibility index (Phi) is 3.98. The average molecular weight is 273 g/mol. The fourth-order valence-electron chi connectivity index (χ4n) is 1.78. The van der Waals surface area contributed by atoms with Crippen molar-refractivity contribution in [1.29, 1.82) is 5.26 Å². The normalized spacial score (nSPS) is 11.7. The molecule has 0 aliphatic carbocycles. The molecule has 2 aromatic rings. The van der Waals surface area contributed by atoms with Crippen LogP contribution in [-0.4, -0.2) is 17.0 Å². The fraction of sp³-hybridized carbons (Fsp3) is 0.214. The Balaban J connectivity index is 2.31. The molecule has 19 heavy (non-hydrogen) atoms. The number of anilines is 1. The molecule has 0 fully saturated rings. The zero-order valence-corrected chi connectivity index (χ0v) is 11.5. The molecule has 1 aromatic heterocycles. The lowest BCUT2D eigenvalue weighted by atomic mass is 10.1. The molecule has 1 aromatic carbocycles. The van der Waals surface area contributed by atoms with Crippen LogP contribution < -0.4 is 4.90 Å². The van der Waals surface area contributed by atoms with Crippen molar-refractivity contribution in [3.8, 4) is 6.07 Å². The summed E-state index contributed by atoms with van der Waals surface area (Å²) in [6.45, 7) is 2.02. The van der Waals surface area contributed by atoms with Gasteiger partial charge in [0.25, 0.3) is 0 Å². The zero-order valence-electron chi connectivity index (χ0n) is 10.7. The SMILES string of the molecule is CC(c1ccccc1Cl)N(C)c1nccc(C#N)n1.